The van der Waals surface area contributed by atoms with Gasteiger partial charge in [-0.15, -0.1) is 11.8 Å². The molecule has 3 aliphatic rings. The Morgan fingerprint density at radius 2 is 2.17 bits per heavy atom. The second kappa shape index (κ2) is 5.55. The zero-order chi connectivity index (χ0) is 16.0. The zero-order valence-electron chi connectivity index (χ0n) is 13.4. The van der Waals surface area contributed by atoms with Gasteiger partial charge in [-0.2, -0.15) is 0 Å². The SMILES string of the molecule is C[C@@]12CCC(=O)N1[C@@H](C(=O)N[C@@H]1CCCc3ccccc31)CS2. The third-order valence-corrected chi connectivity index (χ3v) is 6.94. The van der Waals surface area contributed by atoms with Crippen LogP contribution in [0.5, 0.6) is 0 Å². The summed E-state index contributed by atoms with van der Waals surface area (Å²) in [5, 5.41) is 3.22. The Hall–Kier alpha value is -1.49. The number of rotatable bonds is 2. The molecule has 2 saturated heterocycles. The van der Waals surface area contributed by atoms with Gasteiger partial charge >= 0.3 is 0 Å². The molecule has 2 amide bonds. The predicted molar refractivity (Wildman–Crippen MR) is 91.0 cm³/mol. The van der Waals surface area contributed by atoms with E-state index in [1.807, 2.05) is 11.0 Å². The fourth-order valence-corrected chi connectivity index (χ4v) is 5.62. The Morgan fingerprint density at radius 1 is 1.35 bits per heavy atom. The van der Waals surface area contributed by atoms with Crippen molar-refractivity contribution >= 4 is 23.6 Å². The molecule has 0 bridgehead atoms. The van der Waals surface area contributed by atoms with Gasteiger partial charge in [0.2, 0.25) is 11.8 Å². The molecule has 1 aliphatic carbocycles. The Bertz CT molecular complexity index is 662. The molecule has 23 heavy (non-hydrogen) atoms. The van der Waals surface area contributed by atoms with Crippen molar-refractivity contribution in [1.29, 1.82) is 0 Å². The van der Waals surface area contributed by atoms with Crippen molar-refractivity contribution in [3.05, 3.63) is 35.4 Å². The number of benzene rings is 1. The van der Waals surface area contributed by atoms with E-state index in [1.165, 1.54) is 11.1 Å². The van der Waals surface area contributed by atoms with Crippen LogP contribution in [0.2, 0.25) is 0 Å². The summed E-state index contributed by atoms with van der Waals surface area (Å²) in [5.41, 5.74) is 2.58. The number of carbonyl (C=O) groups excluding carboxylic acids is 2. The van der Waals surface area contributed by atoms with E-state index in [-0.39, 0.29) is 28.8 Å². The molecule has 0 radical (unpaired) electrons. The van der Waals surface area contributed by atoms with E-state index < -0.39 is 0 Å². The standard InChI is InChI=1S/C18H22N2O2S/c1-18-10-9-16(21)20(18)15(11-23-18)17(22)19-14-8-4-6-12-5-2-3-7-13(12)14/h2-3,5,7,14-15H,4,6,8-11H2,1H3,(H,19,22)/t14-,15-,18-/m1/s1. The summed E-state index contributed by atoms with van der Waals surface area (Å²) in [6.45, 7) is 2.09. The fraction of sp³-hybridized carbons (Fsp3) is 0.556. The van der Waals surface area contributed by atoms with Crippen LogP contribution in [0, 0.1) is 0 Å². The molecule has 0 saturated carbocycles. The first-order valence-corrected chi connectivity index (χ1v) is 9.41. The van der Waals surface area contributed by atoms with Gasteiger partial charge in [0, 0.05) is 12.2 Å². The highest BCUT2D eigenvalue weighted by Gasteiger charge is 2.53. The molecular formula is C18H22N2O2S. The molecular weight excluding hydrogens is 308 g/mol. The lowest BCUT2D eigenvalue weighted by molar-refractivity contribution is -0.138. The maximum absolute atomic E-state index is 12.8. The van der Waals surface area contributed by atoms with Crippen LogP contribution >= 0.6 is 11.8 Å². The Kier molecular flexibility index (Phi) is 3.63. The van der Waals surface area contributed by atoms with E-state index in [9.17, 15) is 9.59 Å². The lowest BCUT2D eigenvalue weighted by Crippen LogP contribution is -2.50. The third kappa shape index (κ3) is 2.45. The van der Waals surface area contributed by atoms with Gasteiger partial charge in [0.15, 0.2) is 0 Å². The topological polar surface area (TPSA) is 49.4 Å². The van der Waals surface area contributed by atoms with Crippen molar-refractivity contribution in [3.8, 4) is 0 Å². The quantitative estimate of drug-likeness (QED) is 0.907. The van der Waals surface area contributed by atoms with Gasteiger partial charge in [-0.3, -0.25) is 9.59 Å². The number of fused-ring (bicyclic) bond motifs is 2. The molecule has 1 aromatic carbocycles. The van der Waals surface area contributed by atoms with Gasteiger partial charge < -0.3 is 10.2 Å². The highest BCUT2D eigenvalue weighted by atomic mass is 32.2. The first kappa shape index (κ1) is 15.1. The molecule has 1 aromatic rings. The number of amides is 2. The number of hydrogen-bond donors (Lipinski definition) is 1. The van der Waals surface area contributed by atoms with E-state index in [1.54, 1.807) is 11.8 Å². The predicted octanol–water partition coefficient (Wildman–Crippen LogP) is 2.63. The van der Waals surface area contributed by atoms with Gasteiger partial charge in [0.25, 0.3) is 0 Å². The van der Waals surface area contributed by atoms with Crippen LogP contribution < -0.4 is 5.32 Å². The lowest BCUT2D eigenvalue weighted by atomic mass is 9.87. The number of nitrogens with zero attached hydrogens (tertiary/aromatic N) is 1. The molecule has 5 heteroatoms. The van der Waals surface area contributed by atoms with Crippen molar-refractivity contribution in [1.82, 2.24) is 10.2 Å². The molecule has 4 nitrogen and oxygen atoms in total. The van der Waals surface area contributed by atoms with Crippen LogP contribution in [-0.2, 0) is 16.0 Å². The molecule has 2 heterocycles. The van der Waals surface area contributed by atoms with Crippen molar-refractivity contribution in [2.24, 2.45) is 0 Å². The van der Waals surface area contributed by atoms with Crippen LogP contribution in [0.3, 0.4) is 0 Å². The minimum absolute atomic E-state index is 0.0122. The van der Waals surface area contributed by atoms with Crippen molar-refractivity contribution in [2.75, 3.05) is 5.75 Å². The highest BCUT2D eigenvalue weighted by molar-refractivity contribution is 8.01. The molecule has 4 rings (SSSR count). The number of thioether (sulfide) groups is 1. The monoisotopic (exact) mass is 330 g/mol. The maximum atomic E-state index is 12.8. The molecule has 0 unspecified atom stereocenters. The summed E-state index contributed by atoms with van der Waals surface area (Å²) in [6, 6.07) is 8.14. The molecule has 0 aromatic heterocycles. The third-order valence-electron chi connectivity index (χ3n) is 5.43. The van der Waals surface area contributed by atoms with Crippen molar-refractivity contribution in [3.63, 3.8) is 0 Å². The largest absolute Gasteiger partial charge is 0.347 e. The van der Waals surface area contributed by atoms with Gasteiger partial charge in [-0.25, -0.2) is 0 Å². The maximum Gasteiger partial charge on any atom is 0.244 e. The van der Waals surface area contributed by atoms with Gasteiger partial charge in [0.05, 0.1) is 10.9 Å². The summed E-state index contributed by atoms with van der Waals surface area (Å²) in [6.07, 6.45) is 4.59. The minimum atomic E-state index is -0.311. The Labute approximate surface area is 141 Å². The number of aryl methyl sites for hydroxylation is 1. The number of hydrogen-bond acceptors (Lipinski definition) is 3. The van der Waals surface area contributed by atoms with E-state index >= 15 is 0 Å². The summed E-state index contributed by atoms with van der Waals surface area (Å²) in [4.78, 5) is 26.7. The normalized spacial score (nSPS) is 32.6. The van der Waals surface area contributed by atoms with Crippen LogP contribution in [0.25, 0.3) is 0 Å². The number of carbonyl (C=O) groups is 2. The van der Waals surface area contributed by atoms with Crippen LogP contribution in [0.15, 0.2) is 24.3 Å². The smallest absolute Gasteiger partial charge is 0.244 e. The van der Waals surface area contributed by atoms with Gasteiger partial charge in [-0.1, -0.05) is 24.3 Å². The Balaban J connectivity index is 1.52. The molecule has 2 aliphatic heterocycles. The zero-order valence-corrected chi connectivity index (χ0v) is 14.2. The molecule has 2 fully saturated rings. The first-order valence-electron chi connectivity index (χ1n) is 8.43. The van der Waals surface area contributed by atoms with E-state index in [0.29, 0.717) is 12.2 Å². The van der Waals surface area contributed by atoms with Crippen LogP contribution in [0.1, 0.15) is 49.8 Å². The summed E-state index contributed by atoms with van der Waals surface area (Å²) in [7, 11) is 0. The highest BCUT2D eigenvalue weighted by Crippen LogP contribution is 2.47. The second-order valence-corrected chi connectivity index (χ2v) is 8.42. The van der Waals surface area contributed by atoms with Gasteiger partial charge in [0.1, 0.15) is 6.04 Å². The molecule has 3 atom stereocenters. The second-order valence-electron chi connectivity index (χ2n) is 6.92. The minimum Gasteiger partial charge on any atom is -0.347 e. The van der Waals surface area contributed by atoms with Crippen molar-refractivity contribution in [2.45, 2.75) is 56.0 Å². The summed E-state index contributed by atoms with van der Waals surface area (Å²) < 4.78 is 0. The average Bonchev–Trinajstić information content (AvgIpc) is 3.04. The molecule has 0 spiro atoms. The van der Waals surface area contributed by atoms with Crippen molar-refractivity contribution < 1.29 is 9.59 Å². The lowest BCUT2D eigenvalue weighted by Gasteiger charge is -2.32. The summed E-state index contributed by atoms with van der Waals surface area (Å²) in [5.74, 6) is 0.850. The van der Waals surface area contributed by atoms with E-state index in [4.69, 9.17) is 0 Å². The average molecular weight is 330 g/mol. The first-order chi connectivity index (χ1) is 11.1. The fourth-order valence-electron chi connectivity index (χ4n) is 4.19. The van der Waals surface area contributed by atoms with E-state index in [2.05, 4.69) is 30.4 Å². The molecule has 122 valence electrons. The van der Waals surface area contributed by atoms with Crippen LogP contribution in [0.4, 0.5) is 0 Å². The Morgan fingerprint density at radius 3 is 3.04 bits per heavy atom. The van der Waals surface area contributed by atoms with E-state index in [0.717, 1.165) is 25.7 Å². The number of nitrogens with one attached hydrogen (secondary N) is 1. The van der Waals surface area contributed by atoms with Gasteiger partial charge in [-0.05, 0) is 43.7 Å². The molecule has 1 N–H and O–H groups in total. The van der Waals surface area contributed by atoms with Crippen LogP contribution in [-0.4, -0.2) is 33.4 Å². The summed E-state index contributed by atoms with van der Waals surface area (Å²) >= 11 is 1.75.